The van der Waals surface area contributed by atoms with Gasteiger partial charge in [-0.05, 0) is 37.0 Å². The summed E-state index contributed by atoms with van der Waals surface area (Å²) in [6, 6.07) is 13.5. The van der Waals surface area contributed by atoms with Crippen LogP contribution in [0.1, 0.15) is 36.6 Å². The van der Waals surface area contributed by atoms with Crippen LogP contribution in [0.5, 0.6) is 0 Å². The van der Waals surface area contributed by atoms with Crippen molar-refractivity contribution in [1.29, 1.82) is 0 Å². The normalized spacial score (nSPS) is 26.7. The Morgan fingerprint density at radius 3 is 2.44 bits per heavy atom. The van der Waals surface area contributed by atoms with Gasteiger partial charge in [0, 0.05) is 11.3 Å². The van der Waals surface area contributed by atoms with Crippen LogP contribution in [-0.2, 0) is 32.1 Å². The highest BCUT2D eigenvalue weighted by molar-refractivity contribution is 8.01. The summed E-state index contributed by atoms with van der Waals surface area (Å²) in [5, 5.41) is 18.0. The third-order valence-corrected chi connectivity index (χ3v) is 8.62. The molecule has 2 saturated heterocycles. The van der Waals surface area contributed by atoms with Crippen molar-refractivity contribution in [3.8, 4) is 0 Å². The molecular weight excluding hydrogens is 480 g/mol. The highest BCUT2D eigenvalue weighted by Gasteiger charge is 2.64. The summed E-state index contributed by atoms with van der Waals surface area (Å²) in [7, 11) is 0. The van der Waals surface area contributed by atoms with E-state index in [1.54, 1.807) is 38.1 Å². The van der Waals surface area contributed by atoms with Gasteiger partial charge in [0.2, 0.25) is 17.7 Å². The van der Waals surface area contributed by atoms with Crippen LogP contribution in [0.15, 0.2) is 54.6 Å². The number of fused-ring (bicyclic) bond motifs is 2. The molecule has 4 N–H and O–H groups in total. The first-order valence-corrected chi connectivity index (χ1v) is 12.7. The lowest BCUT2D eigenvalue weighted by molar-refractivity contribution is -0.161. The second kappa shape index (κ2) is 9.25. The molecule has 2 unspecified atom stereocenters. The van der Waals surface area contributed by atoms with Crippen molar-refractivity contribution < 1.29 is 24.3 Å². The van der Waals surface area contributed by atoms with Gasteiger partial charge in [0.15, 0.2) is 0 Å². The molecular formula is C26H28N4O5S. The second-order valence-electron chi connectivity index (χ2n) is 9.84. The van der Waals surface area contributed by atoms with Crippen molar-refractivity contribution in [2.45, 2.75) is 61.1 Å². The Labute approximate surface area is 213 Å². The van der Waals surface area contributed by atoms with E-state index in [1.807, 2.05) is 30.3 Å². The Morgan fingerprint density at radius 2 is 1.75 bits per heavy atom. The summed E-state index contributed by atoms with van der Waals surface area (Å²) >= 11 is 1.36. The van der Waals surface area contributed by atoms with Gasteiger partial charge in [0.1, 0.15) is 23.5 Å². The number of thioether (sulfide) groups is 1. The van der Waals surface area contributed by atoms with Crippen LogP contribution < -0.4 is 16.0 Å². The maximum absolute atomic E-state index is 13.4. The lowest BCUT2D eigenvalue weighted by Crippen LogP contribution is -2.71. The maximum Gasteiger partial charge on any atom is 0.327 e. The molecule has 9 nitrogen and oxygen atoms in total. The van der Waals surface area contributed by atoms with Gasteiger partial charge >= 0.3 is 5.97 Å². The molecule has 10 heteroatoms. The summed E-state index contributed by atoms with van der Waals surface area (Å²) in [5.41, 5.74) is 2.82. The number of aliphatic carboxylic acids is 1. The summed E-state index contributed by atoms with van der Waals surface area (Å²) in [4.78, 5) is 52.6. The zero-order valence-corrected chi connectivity index (χ0v) is 20.7. The number of nitrogens with zero attached hydrogens (tertiary/aromatic N) is 1. The Balaban J connectivity index is 1.31. The molecule has 188 valence electrons. The number of hydrogen-bond acceptors (Lipinski definition) is 6. The fourth-order valence-corrected chi connectivity index (χ4v) is 6.84. The van der Waals surface area contributed by atoms with E-state index < -0.39 is 52.1 Å². The Morgan fingerprint density at radius 1 is 1.08 bits per heavy atom. The van der Waals surface area contributed by atoms with Crippen molar-refractivity contribution in [2.75, 3.05) is 0 Å². The summed E-state index contributed by atoms with van der Waals surface area (Å²) in [6.07, 6.45) is 0.506. The fourth-order valence-electron chi connectivity index (χ4n) is 5.21. The smallest absolute Gasteiger partial charge is 0.327 e. The number of carboxylic acids is 1. The zero-order chi connectivity index (χ0) is 25.6. The summed E-state index contributed by atoms with van der Waals surface area (Å²) < 4.78 is -0.693. The molecule has 2 fully saturated rings. The topological polar surface area (TPSA) is 128 Å². The molecule has 36 heavy (non-hydrogen) atoms. The number of rotatable bonds is 6. The van der Waals surface area contributed by atoms with E-state index in [2.05, 4.69) is 16.0 Å². The third kappa shape index (κ3) is 4.24. The first-order valence-electron chi connectivity index (χ1n) is 11.9. The molecule has 3 heterocycles. The van der Waals surface area contributed by atoms with Gasteiger partial charge < -0.3 is 26.0 Å². The molecule has 2 aromatic carbocycles. The van der Waals surface area contributed by atoms with Gasteiger partial charge in [-0.2, -0.15) is 0 Å². The number of nitrogens with one attached hydrogen (secondary N) is 3. The molecule has 3 amide bonds. The first kappa shape index (κ1) is 24.3. The highest BCUT2D eigenvalue weighted by atomic mass is 32.2. The molecule has 5 atom stereocenters. The summed E-state index contributed by atoms with van der Waals surface area (Å²) in [6.45, 7) is 4.12. The lowest BCUT2D eigenvalue weighted by Gasteiger charge is -2.44. The van der Waals surface area contributed by atoms with Crippen LogP contribution in [0.25, 0.3) is 0 Å². The minimum absolute atomic E-state index is 0.308. The van der Waals surface area contributed by atoms with E-state index in [0.29, 0.717) is 18.5 Å². The van der Waals surface area contributed by atoms with Crippen LogP contribution in [0.4, 0.5) is 0 Å². The molecule has 5 rings (SSSR count). The minimum atomic E-state index is -1.07. The Hall–Kier alpha value is -3.37. The van der Waals surface area contributed by atoms with E-state index >= 15 is 0 Å². The second-order valence-corrected chi connectivity index (χ2v) is 11.6. The Kier molecular flexibility index (Phi) is 6.25. The van der Waals surface area contributed by atoms with Crippen LogP contribution in [0.2, 0.25) is 0 Å². The monoisotopic (exact) mass is 508 g/mol. The quantitative estimate of drug-likeness (QED) is 0.432. The SMILES string of the molecule is CC1(C)S[C@@H]2[C@H](NC(=O)C(NC(=O)C3Cc4ccccc4CN3)c3ccccc3)C(=O)N2[C@H]1C(=O)O. The average molecular weight is 509 g/mol. The third-order valence-electron chi connectivity index (χ3n) is 7.05. The van der Waals surface area contributed by atoms with Crippen LogP contribution >= 0.6 is 11.8 Å². The van der Waals surface area contributed by atoms with Gasteiger partial charge in [-0.25, -0.2) is 4.79 Å². The fraction of sp³-hybridized carbons (Fsp3) is 0.385. The zero-order valence-electron chi connectivity index (χ0n) is 19.9. The molecule has 0 aromatic heterocycles. The van der Waals surface area contributed by atoms with Gasteiger partial charge in [-0.15, -0.1) is 11.8 Å². The van der Waals surface area contributed by atoms with Crippen molar-refractivity contribution in [2.24, 2.45) is 0 Å². The molecule has 0 spiro atoms. The first-order chi connectivity index (χ1) is 17.2. The molecule has 0 saturated carbocycles. The summed E-state index contributed by atoms with van der Waals surface area (Å²) in [5.74, 6) is -2.31. The van der Waals surface area contributed by atoms with Crippen molar-refractivity contribution >= 4 is 35.5 Å². The van der Waals surface area contributed by atoms with Gasteiger partial charge in [-0.1, -0.05) is 54.6 Å². The predicted octanol–water partition coefficient (Wildman–Crippen LogP) is 1.19. The number of carbonyl (C=O) groups excluding carboxylic acids is 3. The number of β-lactam (4-membered cyclic amide) rings is 1. The Bertz CT molecular complexity index is 1220. The standard InChI is InChI=1S/C26H28N4O5S/c1-26(2)20(25(34)35)30-23(33)19(24(30)36-26)29-22(32)18(14-8-4-3-5-9-14)28-21(31)17-12-15-10-6-7-11-16(15)13-27-17/h3-11,17-20,24,27H,12-13H2,1-2H3,(H,28,31)(H,29,32)(H,34,35)/t17?,18?,19-,20+,24-/m1/s1. The van der Waals surface area contributed by atoms with Crippen molar-refractivity contribution in [3.05, 3.63) is 71.3 Å². The predicted molar refractivity (Wildman–Crippen MR) is 134 cm³/mol. The molecule has 3 aliphatic heterocycles. The number of carbonyl (C=O) groups is 4. The minimum Gasteiger partial charge on any atom is -0.480 e. The van der Waals surface area contributed by atoms with E-state index in [9.17, 15) is 24.3 Å². The lowest BCUT2D eigenvalue weighted by atomic mass is 9.94. The van der Waals surface area contributed by atoms with Crippen molar-refractivity contribution in [3.63, 3.8) is 0 Å². The van der Waals surface area contributed by atoms with Gasteiger partial charge in [0.05, 0.1) is 6.04 Å². The van der Waals surface area contributed by atoms with E-state index in [0.717, 1.165) is 11.1 Å². The maximum atomic E-state index is 13.4. The average Bonchev–Trinajstić information content (AvgIpc) is 3.13. The number of amides is 3. The van der Waals surface area contributed by atoms with E-state index in [1.165, 1.54) is 16.7 Å². The highest BCUT2D eigenvalue weighted by Crippen LogP contribution is 2.50. The van der Waals surface area contributed by atoms with Gasteiger partial charge in [-0.3, -0.25) is 14.4 Å². The number of hydrogen-bond donors (Lipinski definition) is 4. The molecule has 0 bridgehead atoms. The number of benzene rings is 2. The number of carboxylic acid groups (broad SMARTS) is 1. The van der Waals surface area contributed by atoms with Crippen LogP contribution in [-0.4, -0.2) is 61.9 Å². The van der Waals surface area contributed by atoms with Crippen LogP contribution in [0, 0.1) is 0 Å². The van der Waals surface area contributed by atoms with Crippen molar-refractivity contribution in [1.82, 2.24) is 20.9 Å². The molecule has 0 radical (unpaired) electrons. The van der Waals surface area contributed by atoms with E-state index in [-0.39, 0.29) is 5.91 Å². The molecule has 2 aromatic rings. The van der Waals surface area contributed by atoms with E-state index in [4.69, 9.17) is 0 Å². The molecule has 0 aliphatic carbocycles. The molecule has 3 aliphatic rings. The van der Waals surface area contributed by atoms with Crippen LogP contribution in [0.3, 0.4) is 0 Å². The van der Waals surface area contributed by atoms with Gasteiger partial charge in [0.25, 0.3) is 0 Å². The largest absolute Gasteiger partial charge is 0.480 e.